The van der Waals surface area contributed by atoms with Gasteiger partial charge in [-0.2, -0.15) is 0 Å². The number of halogens is 1. The molecular formula is C14H13FO3. The smallest absolute Gasteiger partial charge is 0.314 e. The number of hydrogen-bond acceptors (Lipinski definition) is 2. The average Bonchev–Trinajstić information content (AvgIpc) is 2.39. The Labute approximate surface area is 104 Å². The van der Waals surface area contributed by atoms with Crippen LogP contribution in [0.15, 0.2) is 48.6 Å². The molecule has 94 valence electrons. The summed E-state index contributed by atoms with van der Waals surface area (Å²) in [6.45, 7) is 0. The molecule has 0 heterocycles. The Bertz CT molecular complexity index is 504. The third-order valence-electron chi connectivity index (χ3n) is 3.12. The summed E-state index contributed by atoms with van der Waals surface area (Å²) in [7, 11) is 1.45. The van der Waals surface area contributed by atoms with E-state index in [4.69, 9.17) is 4.74 Å². The van der Waals surface area contributed by atoms with Gasteiger partial charge in [0.05, 0.1) is 0 Å². The zero-order chi connectivity index (χ0) is 13.2. The number of carboxylic acids is 1. The van der Waals surface area contributed by atoms with Crippen molar-refractivity contribution in [2.75, 3.05) is 7.11 Å². The molecule has 1 aliphatic carbocycles. The maximum atomic E-state index is 12.9. The predicted molar refractivity (Wildman–Crippen MR) is 64.5 cm³/mol. The van der Waals surface area contributed by atoms with Crippen LogP contribution in [0.5, 0.6) is 0 Å². The molecule has 2 atom stereocenters. The first-order chi connectivity index (χ1) is 8.60. The minimum Gasteiger partial charge on any atom is -0.481 e. The summed E-state index contributed by atoms with van der Waals surface area (Å²) in [5, 5.41) is 9.28. The number of ether oxygens (including phenoxy) is 1. The van der Waals surface area contributed by atoms with Gasteiger partial charge >= 0.3 is 5.97 Å². The van der Waals surface area contributed by atoms with Crippen LogP contribution < -0.4 is 0 Å². The summed E-state index contributed by atoms with van der Waals surface area (Å²) in [5.74, 6) is -2.19. The van der Waals surface area contributed by atoms with E-state index in [1.165, 1.54) is 31.4 Å². The SMILES string of the molecule is COC1(c2ccc(F)cc2)C=CC=CC1C(=O)O. The van der Waals surface area contributed by atoms with E-state index in [2.05, 4.69) is 0 Å². The molecule has 2 rings (SSSR count). The van der Waals surface area contributed by atoms with Gasteiger partial charge in [0.25, 0.3) is 0 Å². The number of allylic oxidation sites excluding steroid dienone is 2. The molecule has 0 fully saturated rings. The van der Waals surface area contributed by atoms with Gasteiger partial charge in [-0.25, -0.2) is 4.39 Å². The highest BCUT2D eigenvalue weighted by Crippen LogP contribution is 2.38. The summed E-state index contributed by atoms with van der Waals surface area (Å²) >= 11 is 0. The Morgan fingerprint density at radius 1 is 1.33 bits per heavy atom. The van der Waals surface area contributed by atoms with E-state index in [9.17, 15) is 14.3 Å². The Morgan fingerprint density at radius 3 is 2.56 bits per heavy atom. The zero-order valence-electron chi connectivity index (χ0n) is 9.84. The molecule has 1 aromatic carbocycles. The van der Waals surface area contributed by atoms with E-state index in [0.717, 1.165) is 0 Å². The van der Waals surface area contributed by atoms with Crippen molar-refractivity contribution in [2.24, 2.45) is 5.92 Å². The topological polar surface area (TPSA) is 46.5 Å². The highest BCUT2D eigenvalue weighted by molar-refractivity contribution is 5.75. The quantitative estimate of drug-likeness (QED) is 0.894. The Morgan fingerprint density at radius 2 is 2.00 bits per heavy atom. The number of carboxylic acid groups (broad SMARTS) is 1. The summed E-state index contributed by atoms with van der Waals surface area (Å²) in [4.78, 5) is 11.3. The van der Waals surface area contributed by atoms with E-state index < -0.39 is 17.5 Å². The lowest BCUT2D eigenvalue weighted by Gasteiger charge is -2.35. The van der Waals surface area contributed by atoms with E-state index >= 15 is 0 Å². The summed E-state index contributed by atoms with van der Waals surface area (Å²) in [6.07, 6.45) is 6.64. The van der Waals surface area contributed by atoms with Gasteiger partial charge in [-0.1, -0.05) is 30.4 Å². The van der Waals surface area contributed by atoms with Crippen molar-refractivity contribution < 1.29 is 19.0 Å². The molecule has 18 heavy (non-hydrogen) atoms. The Kier molecular flexibility index (Phi) is 3.30. The van der Waals surface area contributed by atoms with Crippen LogP contribution in [0.3, 0.4) is 0 Å². The first-order valence-electron chi connectivity index (χ1n) is 5.50. The number of carbonyl (C=O) groups is 1. The molecule has 0 aromatic heterocycles. The Hall–Kier alpha value is -1.94. The lowest BCUT2D eigenvalue weighted by atomic mass is 9.78. The van der Waals surface area contributed by atoms with Gasteiger partial charge in [-0.3, -0.25) is 4.79 Å². The minimum absolute atomic E-state index is 0.368. The molecule has 0 radical (unpaired) electrons. The van der Waals surface area contributed by atoms with Crippen LogP contribution in [0.2, 0.25) is 0 Å². The van der Waals surface area contributed by atoms with Crippen LogP contribution in [-0.4, -0.2) is 18.2 Å². The molecular weight excluding hydrogens is 235 g/mol. The largest absolute Gasteiger partial charge is 0.481 e. The molecule has 0 saturated carbocycles. The molecule has 3 nitrogen and oxygen atoms in total. The van der Waals surface area contributed by atoms with Crippen LogP contribution in [0.4, 0.5) is 4.39 Å². The molecule has 1 aliphatic rings. The molecule has 2 unspecified atom stereocenters. The first kappa shape index (κ1) is 12.5. The average molecular weight is 248 g/mol. The van der Waals surface area contributed by atoms with Crippen LogP contribution in [0, 0.1) is 11.7 Å². The standard InChI is InChI=1S/C14H13FO3/c1-18-14(10-5-7-11(15)8-6-10)9-3-2-4-12(14)13(16)17/h2-9,12H,1H3,(H,16,17). The fraction of sp³-hybridized carbons (Fsp3) is 0.214. The number of hydrogen-bond donors (Lipinski definition) is 1. The zero-order valence-corrected chi connectivity index (χ0v) is 9.84. The van der Waals surface area contributed by atoms with Crippen molar-refractivity contribution in [1.82, 2.24) is 0 Å². The van der Waals surface area contributed by atoms with Gasteiger partial charge in [0.2, 0.25) is 0 Å². The van der Waals surface area contributed by atoms with Crippen molar-refractivity contribution >= 4 is 5.97 Å². The third-order valence-corrected chi connectivity index (χ3v) is 3.12. The van der Waals surface area contributed by atoms with Crippen molar-refractivity contribution in [2.45, 2.75) is 5.60 Å². The normalized spacial score (nSPS) is 26.2. The van der Waals surface area contributed by atoms with Crippen molar-refractivity contribution in [3.05, 3.63) is 60.0 Å². The van der Waals surface area contributed by atoms with E-state index in [1.54, 1.807) is 24.3 Å². The van der Waals surface area contributed by atoms with Crippen LogP contribution in [0.1, 0.15) is 5.56 Å². The van der Waals surface area contributed by atoms with Crippen LogP contribution >= 0.6 is 0 Å². The van der Waals surface area contributed by atoms with E-state index in [1.807, 2.05) is 0 Å². The van der Waals surface area contributed by atoms with Gasteiger partial charge in [0, 0.05) is 7.11 Å². The van der Waals surface area contributed by atoms with Gasteiger partial charge in [0.15, 0.2) is 0 Å². The monoisotopic (exact) mass is 248 g/mol. The van der Waals surface area contributed by atoms with Gasteiger partial charge in [-0.15, -0.1) is 0 Å². The first-order valence-corrected chi connectivity index (χ1v) is 5.50. The molecule has 0 spiro atoms. The van der Waals surface area contributed by atoms with Gasteiger partial charge in [0.1, 0.15) is 17.3 Å². The van der Waals surface area contributed by atoms with E-state index in [0.29, 0.717) is 5.56 Å². The van der Waals surface area contributed by atoms with Crippen LogP contribution in [-0.2, 0) is 15.1 Å². The molecule has 0 amide bonds. The second kappa shape index (κ2) is 4.74. The van der Waals surface area contributed by atoms with Crippen LogP contribution in [0.25, 0.3) is 0 Å². The second-order valence-corrected chi connectivity index (χ2v) is 4.06. The summed E-state index contributed by atoms with van der Waals surface area (Å²) in [6, 6.07) is 5.67. The molecule has 0 aliphatic heterocycles. The molecule has 0 saturated heterocycles. The summed E-state index contributed by atoms with van der Waals surface area (Å²) in [5.41, 5.74) is -0.478. The lowest BCUT2D eigenvalue weighted by Crippen LogP contribution is -2.40. The maximum absolute atomic E-state index is 12.9. The maximum Gasteiger partial charge on any atom is 0.314 e. The predicted octanol–water partition coefficient (Wildman–Crippen LogP) is 2.49. The fourth-order valence-corrected chi connectivity index (χ4v) is 2.19. The van der Waals surface area contributed by atoms with Crippen molar-refractivity contribution in [1.29, 1.82) is 0 Å². The number of methoxy groups -OCH3 is 1. The number of benzene rings is 1. The third kappa shape index (κ3) is 1.95. The minimum atomic E-state index is -1.09. The molecule has 0 bridgehead atoms. The van der Waals surface area contributed by atoms with Gasteiger partial charge < -0.3 is 9.84 Å². The highest BCUT2D eigenvalue weighted by Gasteiger charge is 2.42. The molecule has 1 N–H and O–H groups in total. The number of rotatable bonds is 3. The number of aliphatic carboxylic acids is 1. The van der Waals surface area contributed by atoms with Crippen molar-refractivity contribution in [3.63, 3.8) is 0 Å². The summed E-state index contributed by atoms with van der Waals surface area (Å²) < 4.78 is 18.4. The fourth-order valence-electron chi connectivity index (χ4n) is 2.19. The lowest BCUT2D eigenvalue weighted by molar-refractivity contribution is -0.148. The molecule has 4 heteroatoms. The van der Waals surface area contributed by atoms with Crippen molar-refractivity contribution in [3.8, 4) is 0 Å². The second-order valence-electron chi connectivity index (χ2n) is 4.06. The molecule has 1 aromatic rings. The Balaban J connectivity index is 2.52. The van der Waals surface area contributed by atoms with Gasteiger partial charge in [-0.05, 0) is 23.8 Å². The highest BCUT2D eigenvalue weighted by atomic mass is 19.1. The van der Waals surface area contributed by atoms with E-state index in [-0.39, 0.29) is 5.82 Å².